The molecule has 1 rings (SSSR count). The van der Waals surface area contributed by atoms with Crippen LogP contribution in [0.4, 0.5) is 0 Å². The molecule has 0 radical (unpaired) electrons. The van der Waals surface area contributed by atoms with Gasteiger partial charge in [-0.25, -0.2) is 0 Å². The maximum Gasteiger partial charge on any atom is 0.234 e. The fraction of sp³-hybridized carbons (Fsp3) is 0.533. The third kappa shape index (κ3) is 5.31. The Morgan fingerprint density at radius 1 is 1.20 bits per heavy atom. The highest BCUT2D eigenvalue weighted by Gasteiger charge is 2.12. The summed E-state index contributed by atoms with van der Waals surface area (Å²) in [5.41, 5.74) is 0.940. The fourth-order valence-electron chi connectivity index (χ4n) is 1.97. The van der Waals surface area contributed by atoms with Crippen LogP contribution in [0, 0.1) is 0 Å². The molecule has 1 unspecified atom stereocenters. The second kappa shape index (κ2) is 8.50. The molecule has 0 aliphatic rings. The third-order valence-corrected chi connectivity index (χ3v) is 4.10. The van der Waals surface area contributed by atoms with E-state index in [1.165, 1.54) is 0 Å². The normalized spacial score (nSPS) is 12.5. The average molecular weight is 317 g/mol. The Morgan fingerprint density at radius 3 is 2.40 bits per heavy atom. The Balaban J connectivity index is 2.50. The summed E-state index contributed by atoms with van der Waals surface area (Å²) in [5.74, 6) is -0.0181. The van der Waals surface area contributed by atoms with Crippen LogP contribution >= 0.6 is 23.2 Å². The molecule has 0 heterocycles. The summed E-state index contributed by atoms with van der Waals surface area (Å²) in [6.07, 6.45) is 2.04. The number of carbonyl (C=O) groups excluding carboxylic acids is 1. The molecule has 0 fully saturated rings. The highest BCUT2D eigenvalue weighted by atomic mass is 35.5. The zero-order valence-electron chi connectivity index (χ0n) is 12.2. The maximum absolute atomic E-state index is 11.9. The van der Waals surface area contributed by atoms with Crippen LogP contribution < -0.4 is 10.6 Å². The van der Waals surface area contributed by atoms with Gasteiger partial charge in [0, 0.05) is 6.04 Å². The second-order valence-corrected chi connectivity index (χ2v) is 5.67. The zero-order valence-corrected chi connectivity index (χ0v) is 13.7. The van der Waals surface area contributed by atoms with E-state index >= 15 is 0 Å². The molecule has 1 aromatic rings. The van der Waals surface area contributed by atoms with Crippen LogP contribution in [0.3, 0.4) is 0 Å². The SMILES string of the molecule is CCC(CC)NCC(=O)NC(C)c1ccc(Cl)c(Cl)c1. The number of carbonyl (C=O) groups is 1. The molecule has 0 saturated carbocycles. The van der Waals surface area contributed by atoms with Crippen molar-refractivity contribution in [3.63, 3.8) is 0 Å². The number of rotatable bonds is 7. The van der Waals surface area contributed by atoms with Gasteiger partial charge in [-0.2, -0.15) is 0 Å². The van der Waals surface area contributed by atoms with Crippen molar-refractivity contribution < 1.29 is 4.79 Å². The number of hydrogen-bond acceptors (Lipinski definition) is 2. The lowest BCUT2D eigenvalue weighted by Crippen LogP contribution is -2.39. The largest absolute Gasteiger partial charge is 0.348 e. The molecule has 0 aromatic heterocycles. The van der Waals surface area contributed by atoms with E-state index in [0.29, 0.717) is 22.6 Å². The van der Waals surface area contributed by atoms with Gasteiger partial charge in [0.05, 0.1) is 22.6 Å². The van der Waals surface area contributed by atoms with Crippen LogP contribution in [0.5, 0.6) is 0 Å². The molecule has 2 N–H and O–H groups in total. The van der Waals surface area contributed by atoms with Crippen LogP contribution in [0.15, 0.2) is 18.2 Å². The highest BCUT2D eigenvalue weighted by Crippen LogP contribution is 2.25. The lowest BCUT2D eigenvalue weighted by Gasteiger charge is -2.18. The van der Waals surface area contributed by atoms with Gasteiger partial charge in [-0.3, -0.25) is 4.79 Å². The van der Waals surface area contributed by atoms with Crippen LogP contribution in [0.1, 0.15) is 45.2 Å². The van der Waals surface area contributed by atoms with Crippen molar-refractivity contribution in [1.29, 1.82) is 0 Å². The summed E-state index contributed by atoms with van der Waals surface area (Å²) in [6.45, 7) is 6.47. The average Bonchev–Trinajstić information content (AvgIpc) is 2.42. The molecule has 0 bridgehead atoms. The Morgan fingerprint density at radius 2 is 1.85 bits per heavy atom. The van der Waals surface area contributed by atoms with Gasteiger partial charge in [-0.1, -0.05) is 43.1 Å². The molecule has 1 amide bonds. The standard InChI is InChI=1S/C15H22Cl2N2O/c1-4-12(5-2)18-9-15(20)19-10(3)11-6-7-13(16)14(17)8-11/h6-8,10,12,18H,4-5,9H2,1-3H3,(H,19,20). The minimum absolute atomic E-state index is 0.0181. The first-order valence-corrected chi connectivity index (χ1v) is 7.71. The lowest BCUT2D eigenvalue weighted by atomic mass is 10.1. The summed E-state index contributed by atoms with van der Waals surface area (Å²) < 4.78 is 0. The molecule has 3 nitrogen and oxygen atoms in total. The van der Waals surface area contributed by atoms with Crippen LogP contribution in [0.25, 0.3) is 0 Å². The summed E-state index contributed by atoms with van der Waals surface area (Å²) in [6, 6.07) is 5.68. The summed E-state index contributed by atoms with van der Waals surface area (Å²) in [5, 5.41) is 7.20. The number of hydrogen-bond donors (Lipinski definition) is 2. The molecular weight excluding hydrogens is 295 g/mol. The summed E-state index contributed by atoms with van der Waals surface area (Å²) in [4.78, 5) is 11.9. The van der Waals surface area contributed by atoms with Crippen molar-refractivity contribution in [2.24, 2.45) is 0 Å². The van der Waals surface area contributed by atoms with Crippen LogP contribution in [-0.2, 0) is 4.79 Å². The predicted molar refractivity (Wildman–Crippen MR) is 85.4 cm³/mol. The Bertz CT molecular complexity index is 447. The van der Waals surface area contributed by atoms with Crippen molar-refractivity contribution >= 4 is 29.1 Å². The van der Waals surface area contributed by atoms with Crippen molar-refractivity contribution in [2.45, 2.75) is 45.7 Å². The number of benzene rings is 1. The van der Waals surface area contributed by atoms with Gasteiger partial charge in [0.1, 0.15) is 0 Å². The first kappa shape index (κ1) is 17.3. The molecule has 0 aliphatic heterocycles. The van der Waals surface area contributed by atoms with Gasteiger partial charge in [0.2, 0.25) is 5.91 Å². The molecule has 20 heavy (non-hydrogen) atoms. The molecule has 0 spiro atoms. The molecule has 5 heteroatoms. The first-order chi connectivity index (χ1) is 9.47. The maximum atomic E-state index is 11.9. The van der Waals surface area contributed by atoms with E-state index in [9.17, 15) is 4.79 Å². The van der Waals surface area contributed by atoms with E-state index in [1.807, 2.05) is 13.0 Å². The molecular formula is C15H22Cl2N2O. The van der Waals surface area contributed by atoms with E-state index in [1.54, 1.807) is 12.1 Å². The van der Waals surface area contributed by atoms with Crippen molar-refractivity contribution in [1.82, 2.24) is 10.6 Å². The van der Waals surface area contributed by atoms with E-state index in [-0.39, 0.29) is 11.9 Å². The Kier molecular flexibility index (Phi) is 7.35. The number of nitrogens with one attached hydrogen (secondary N) is 2. The topological polar surface area (TPSA) is 41.1 Å². The Hall–Kier alpha value is -0.770. The minimum Gasteiger partial charge on any atom is -0.348 e. The molecule has 0 aliphatic carbocycles. The molecule has 0 saturated heterocycles. The summed E-state index contributed by atoms with van der Waals surface area (Å²) in [7, 11) is 0. The van der Waals surface area contributed by atoms with Crippen LogP contribution in [-0.4, -0.2) is 18.5 Å². The quantitative estimate of drug-likeness (QED) is 0.799. The zero-order chi connectivity index (χ0) is 15.1. The van der Waals surface area contributed by atoms with E-state index in [4.69, 9.17) is 23.2 Å². The van der Waals surface area contributed by atoms with Gasteiger partial charge in [0.15, 0.2) is 0 Å². The van der Waals surface area contributed by atoms with Crippen molar-refractivity contribution in [3.05, 3.63) is 33.8 Å². The number of amides is 1. The van der Waals surface area contributed by atoms with E-state index in [2.05, 4.69) is 24.5 Å². The van der Waals surface area contributed by atoms with Gasteiger partial charge in [0.25, 0.3) is 0 Å². The molecule has 112 valence electrons. The van der Waals surface area contributed by atoms with Gasteiger partial charge >= 0.3 is 0 Å². The van der Waals surface area contributed by atoms with Gasteiger partial charge < -0.3 is 10.6 Å². The van der Waals surface area contributed by atoms with E-state index < -0.39 is 0 Å². The van der Waals surface area contributed by atoms with Gasteiger partial charge in [-0.05, 0) is 37.5 Å². The predicted octanol–water partition coefficient (Wildman–Crippen LogP) is 3.95. The van der Waals surface area contributed by atoms with Gasteiger partial charge in [-0.15, -0.1) is 0 Å². The minimum atomic E-state index is -0.0965. The third-order valence-electron chi connectivity index (χ3n) is 3.36. The van der Waals surface area contributed by atoms with Crippen LogP contribution in [0.2, 0.25) is 10.0 Å². The fourth-order valence-corrected chi connectivity index (χ4v) is 2.28. The second-order valence-electron chi connectivity index (χ2n) is 4.86. The van der Waals surface area contributed by atoms with Crippen molar-refractivity contribution in [3.8, 4) is 0 Å². The van der Waals surface area contributed by atoms with Crippen molar-refractivity contribution in [2.75, 3.05) is 6.54 Å². The smallest absolute Gasteiger partial charge is 0.234 e. The molecule has 1 aromatic carbocycles. The highest BCUT2D eigenvalue weighted by molar-refractivity contribution is 6.42. The molecule has 1 atom stereocenters. The van der Waals surface area contributed by atoms with E-state index in [0.717, 1.165) is 18.4 Å². The summed E-state index contributed by atoms with van der Waals surface area (Å²) >= 11 is 11.9. The monoisotopic (exact) mass is 316 g/mol. The first-order valence-electron chi connectivity index (χ1n) is 6.95. The Labute approximate surface area is 131 Å². The lowest BCUT2D eigenvalue weighted by molar-refractivity contribution is -0.121. The number of halogens is 2.